The molecule has 0 aliphatic heterocycles. The predicted octanol–water partition coefficient (Wildman–Crippen LogP) is 3.93. The third-order valence-electron chi connectivity index (χ3n) is 2.69. The van der Waals surface area contributed by atoms with Crippen LogP contribution in [0.2, 0.25) is 0 Å². The zero-order valence-electron chi connectivity index (χ0n) is 11.1. The Balaban J connectivity index is 1.89. The van der Waals surface area contributed by atoms with Crippen molar-refractivity contribution in [1.82, 2.24) is 5.32 Å². The zero-order chi connectivity index (χ0) is 14.4. The van der Waals surface area contributed by atoms with Crippen LogP contribution in [0.15, 0.2) is 54.7 Å². The molecule has 0 radical (unpaired) electrons. The summed E-state index contributed by atoms with van der Waals surface area (Å²) in [4.78, 5) is 11.6. The van der Waals surface area contributed by atoms with Crippen molar-refractivity contribution in [2.45, 2.75) is 6.92 Å². The second kappa shape index (κ2) is 6.52. The van der Waals surface area contributed by atoms with Gasteiger partial charge in [-0.3, -0.25) is 0 Å². The standard InChI is InChI=1S/C16H15FN2O/c1-12-6-8-14(9-7-12)19-16(20)18-11-10-13-4-2-3-5-15(13)17/h2-11H,1H3,(H2,18,19,20)/b11-10+. The molecule has 4 heteroatoms. The van der Waals surface area contributed by atoms with Gasteiger partial charge in [-0.25, -0.2) is 9.18 Å². The number of hydrogen-bond donors (Lipinski definition) is 2. The summed E-state index contributed by atoms with van der Waals surface area (Å²) < 4.78 is 13.3. The van der Waals surface area contributed by atoms with Gasteiger partial charge < -0.3 is 10.6 Å². The van der Waals surface area contributed by atoms with Crippen LogP contribution in [0.3, 0.4) is 0 Å². The van der Waals surface area contributed by atoms with E-state index >= 15 is 0 Å². The number of nitrogens with one attached hydrogen (secondary N) is 2. The van der Waals surface area contributed by atoms with Gasteiger partial charge in [0.15, 0.2) is 0 Å². The van der Waals surface area contributed by atoms with Gasteiger partial charge in [-0.05, 0) is 31.2 Å². The van der Waals surface area contributed by atoms with E-state index < -0.39 is 0 Å². The summed E-state index contributed by atoms with van der Waals surface area (Å²) in [5.41, 5.74) is 2.24. The molecule has 0 bridgehead atoms. The molecule has 3 nitrogen and oxygen atoms in total. The normalized spacial score (nSPS) is 10.5. The Morgan fingerprint density at radius 1 is 1.10 bits per heavy atom. The van der Waals surface area contributed by atoms with Crippen molar-refractivity contribution in [3.8, 4) is 0 Å². The van der Waals surface area contributed by atoms with Gasteiger partial charge in [0.2, 0.25) is 0 Å². The Morgan fingerprint density at radius 3 is 2.50 bits per heavy atom. The molecule has 0 spiro atoms. The Bertz CT molecular complexity index is 621. The monoisotopic (exact) mass is 270 g/mol. The molecule has 20 heavy (non-hydrogen) atoms. The summed E-state index contributed by atoms with van der Waals surface area (Å²) in [6, 6.07) is 13.4. The van der Waals surface area contributed by atoms with Gasteiger partial charge in [-0.1, -0.05) is 35.9 Å². The second-order valence-electron chi connectivity index (χ2n) is 4.32. The molecule has 0 aliphatic carbocycles. The molecule has 0 saturated carbocycles. The fourth-order valence-electron chi connectivity index (χ4n) is 1.62. The zero-order valence-corrected chi connectivity index (χ0v) is 11.1. The van der Waals surface area contributed by atoms with Crippen LogP contribution >= 0.6 is 0 Å². The molecule has 0 fully saturated rings. The third-order valence-corrected chi connectivity index (χ3v) is 2.69. The first kappa shape index (κ1) is 13.8. The van der Waals surface area contributed by atoms with E-state index in [0.29, 0.717) is 11.3 Å². The van der Waals surface area contributed by atoms with Crippen LogP contribution in [0.1, 0.15) is 11.1 Å². The van der Waals surface area contributed by atoms with E-state index in [2.05, 4.69) is 10.6 Å². The van der Waals surface area contributed by atoms with Crippen molar-refractivity contribution in [2.24, 2.45) is 0 Å². The maximum atomic E-state index is 13.3. The maximum Gasteiger partial charge on any atom is 0.323 e. The minimum Gasteiger partial charge on any atom is -0.314 e. The van der Waals surface area contributed by atoms with Crippen LogP contribution in [-0.2, 0) is 0 Å². The van der Waals surface area contributed by atoms with Crippen molar-refractivity contribution in [3.05, 3.63) is 71.7 Å². The first-order valence-corrected chi connectivity index (χ1v) is 6.20. The van der Waals surface area contributed by atoms with Gasteiger partial charge in [-0.2, -0.15) is 0 Å². The van der Waals surface area contributed by atoms with Gasteiger partial charge in [0, 0.05) is 17.5 Å². The molecule has 0 aliphatic rings. The number of anilines is 1. The molecule has 0 unspecified atom stereocenters. The number of rotatable bonds is 3. The summed E-state index contributed by atoms with van der Waals surface area (Å²) >= 11 is 0. The third kappa shape index (κ3) is 3.95. The fraction of sp³-hybridized carbons (Fsp3) is 0.0625. The molecule has 2 aromatic carbocycles. The van der Waals surface area contributed by atoms with E-state index in [1.807, 2.05) is 31.2 Å². The quantitative estimate of drug-likeness (QED) is 0.871. The number of urea groups is 1. The Labute approximate surface area is 117 Å². The molecule has 2 rings (SSSR count). The van der Waals surface area contributed by atoms with E-state index in [-0.39, 0.29) is 11.8 Å². The summed E-state index contributed by atoms with van der Waals surface area (Å²) in [6.07, 6.45) is 2.91. The SMILES string of the molecule is Cc1ccc(NC(=O)N/C=C/c2ccccc2F)cc1. The van der Waals surface area contributed by atoms with Crippen LogP contribution in [0.5, 0.6) is 0 Å². The molecular formula is C16H15FN2O. The molecule has 2 N–H and O–H groups in total. The Kier molecular flexibility index (Phi) is 4.50. The largest absolute Gasteiger partial charge is 0.323 e. The Hall–Kier alpha value is -2.62. The van der Waals surface area contributed by atoms with E-state index in [4.69, 9.17) is 0 Å². The lowest BCUT2D eigenvalue weighted by atomic mass is 10.2. The highest BCUT2D eigenvalue weighted by Crippen LogP contribution is 2.09. The van der Waals surface area contributed by atoms with E-state index in [9.17, 15) is 9.18 Å². The van der Waals surface area contributed by atoms with Crippen molar-refractivity contribution < 1.29 is 9.18 Å². The average molecular weight is 270 g/mol. The van der Waals surface area contributed by atoms with Crippen LogP contribution in [0.25, 0.3) is 6.08 Å². The van der Waals surface area contributed by atoms with E-state index in [0.717, 1.165) is 5.56 Å². The molecule has 2 aromatic rings. The lowest BCUT2D eigenvalue weighted by Gasteiger charge is -2.04. The molecule has 0 atom stereocenters. The maximum absolute atomic E-state index is 13.3. The minimum absolute atomic E-state index is 0.329. The van der Waals surface area contributed by atoms with Gasteiger partial charge >= 0.3 is 6.03 Å². The number of carbonyl (C=O) groups excluding carboxylic acids is 1. The van der Waals surface area contributed by atoms with Crippen LogP contribution < -0.4 is 10.6 Å². The number of amides is 2. The molecule has 102 valence electrons. The van der Waals surface area contributed by atoms with E-state index in [1.54, 1.807) is 18.2 Å². The molecule has 0 saturated heterocycles. The minimum atomic E-state index is -0.374. The second-order valence-corrected chi connectivity index (χ2v) is 4.32. The lowest BCUT2D eigenvalue weighted by molar-refractivity contribution is 0.255. The smallest absolute Gasteiger partial charge is 0.314 e. The number of aryl methyl sites for hydroxylation is 1. The Morgan fingerprint density at radius 2 is 1.80 bits per heavy atom. The van der Waals surface area contributed by atoms with Crippen molar-refractivity contribution >= 4 is 17.8 Å². The lowest BCUT2D eigenvalue weighted by Crippen LogP contribution is -2.23. The highest BCUT2D eigenvalue weighted by atomic mass is 19.1. The summed E-state index contributed by atoms with van der Waals surface area (Å²) in [6.45, 7) is 1.97. The summed E-state index contributed by atoms with van der Waals surface area (Å²) in [5.74, 6) is -0.329. The van der Waals surface area contributed by atoms with Crippen molar-refractivity contribution in [1.29, 1.82) is 0 Å². The van der Waals surface area contributed by atoms with Crippen LogP contribution in [0, 0.1) is 12.7 Å². The highest BCUT2D eigenvalue weighted by molar-refractivity contribution is 5.90. The predicted molar refractivity (Wildman–Crippen MR) is 78.8 cm³/mol. The molecule has 2 amide bonds. The van der Waals surface area contributed by atoms with Crippen molar-refractivity contribution in [3.63, 3.8) is 0 Å². The van der Waals surface area contributed by atoms with Gasteiger partial charge in [0.1, 0.15) is 5.82 Å². The van der Waals surface area contributed by atoms with E-state index in [1.165, 1.54) is 18.3 Å². The van der Waals surface area contributed by atoms with Crippen LogP contribution in [-0.4, -0.2) is 6.03 Å². The number of carbonyl (C=O) groups is 1. The summed E-state index contributed by atoms with van der Waals surface area (Å²) in [7, 11) is 0. The highest BCUT2D eigenvalue weighted by Gasteiger charge is 1.99. The number of benzene rings is 2. The first-order valence-electron chi connectivity index (χ1n) is 6.20. The topological polar surface area (TPSA) is 41.1 Å². The van der Waals surface area contributed by atoms with Gasteiger partial charge in [0.25, 0.3) is 0 Å². The average Bonchev–Trinajstić information content (AvgIpc) is 2.43. The van der Waals surface area contributed by atoms with Gasteiger partial charge in [0.05, 0.1) is 0 Å². The number of halogens is 1. The molecule has 0 heterocycles. The molecule has 0 aromatic heterocycles. The van der Waals surface area contributed by atoms with Crippen LogP contribution in [0.4, 0.5) is 14.9 Å². The van der Waals surface area contributed by atoms with Gasteiger partial charge in [-0.15, -0.1) is 0 Å². The van der Waals surface area contributed by atoms with Crippen molar-refractivity contribution in [2.75, 3.05) is 5.32 Å². The fourth-order valence-corrected chi connectivity index (χ4v) is 1.62. The summed E-state index contributed by atoms with van der Waals surface area (Å²) in [5, 5.41) is 5.20. The number of hydrogen-bond acceptors (Lipinski definition) is 1. The molecular weight excluding hydrogens is 255 g/mol. The first-order chi connectivity index (χ1) is 9.65.